The van der Waals surface area contributed by atoms with Gasteiger partial charge in [-0.15, -0.1) is 11.6 Å². The lowest BCUT2D eigenvalue weighted by atomic mass is 9.71. The lowest BCUT2D eigenvalue weighted by molar-refractivity contribution is -0.148. The van der Waals surface area contributed by atoms with Gasteiger partial charge in [-0.05, 0) is 30.2 Å². The Labute approximate surface area is 138 Å². The van der Waals surface area contributed by atoms with E-state index in [1.807, 2.05) is 0 Å². The molecule has 122 valence electrons. The zero-order valence-electron chi connectivity index (χ0n) is 12.7. The van der Waals surface area contributed by atoms with E-state index in [4.69, 9.17) is 11.6 Å². The summed E-state index contributed by atoms with van der Waals surface area (Å²) >= 11 is 6.19. The van der Waals surface area contributed by atoms with Crippen LogP contribution in [0.25, 0.3) is 0 Å². The molecule has 0 heterocycles. The number of alkyl halides is 1. The highest BCUT2D eigenvalue weighted by Gasteiger charge is 2.47. The van der Waals surface area contributed by atoms with E-state index in [-0.39, 0.29) is 17.2 Å². The number of carboxylic acid groups (broad SMARTS) is 1. The number of carbonyl (C=O) groups excluding carboxylic acids is 1. The Morgan fingerprint density at radius 2 is 2.00 bits per heavy atom. The van der Waals surface area contributed by atoms with Gasteiger partial charge < -0.3 is 10.4 Å². The summed E-state index contributed by atoms with van der Waals surface area (Å²) in [7, 11) is 0. The highest BCUT2D eigenvalue weighted by molar-refractivity contribution is 6.24. The Kier molecular flexibility index (Phi) is 4.90. The van der Waals surface area contributed by atoms with Crippen LogP contribution in [0.4, 0.5) is 4.39 Å². The van der Waals surface area contributed by atoms with Crippen LogP contribution in [0.1, 0.15) is 24.2 Å². The van der Waals surface area contributed by atoms with E-state index < -0.39 is 28.5 Å². The number of benzene rings is 1. The standard InChI is InChI=1S/C17H17ClFNO3/c1-10(2)17(16(22)23)9-11(7-8-14(17)18)20-15(21)12-5-3-4-6-13(12)19/h3-10,14H,1-2H3,(H,20,21)(H,22,23). The molecule has 2 unspecified atom stereocenters. The van der Waals surface area contributed by atoms with Crippen molar-refractivity contribution in [2.45, 2.75) is 19.2 Å². The van der Waals surface area contributed by atoms with Crippen LogP contribution in [0.15, 0.2) is 48.2 Å². The zero-order valence-corrected chi connectivity index (χ0v) is 13.5. The topological polar surface area (TPSA) is 66.4 Å². The Bertz CT molecular complexity index is 699. The van der Waals surface area contributed by atoms with Crippen molar-refractivity contribution in [3.8, 4) is 0 Å². The van der Waals surface area contributed by atoms with Gasteiger partial charge in [-0.25, -0.2) is 4.39 Å². The number of aliphatic carboxylic acids is 1. The van der Waals surface area contributed by atoms with Gasteiger partial charge >= 0.3 is 5.97 Å². The van der Waals surface area contributed by atoms with Gasteiger partial charge in [-0.2, -0.15) is 0 Å². The lowest BCUT2D eigenvalue weighted by Crippen LogP contribution is -2.44. The average Bonchev–Trinajstić information content (AvgIpc) is 2.48. The number of nitrogens with one attached hydrogen (secondary N) is 1. The molecule has 0 aliphatic heterocycles. The maximum atomic E-state index is 13.7. The molecule has 2 rings (SSSR count). The average molecular weight is 338 g/mol. The fraction of sp³-hybridized carbons (Fsp3) is 0.294. The zero-order chi connectivity index (χ0) is 17.2. The fourth-order valence-electron chi connectivity index (χ4n) is 2.57. The van der Waals surface area contributed by atoms with E-state index in [0.29, 0.717) is 0 Å². The third-order valence-electron chi connectivity index (χ3n) is 4.00. The predicted molar refractivity (Wildman–Crippen MR) is 85.6 cm³/mol. The molecule has 0 aromatic heterocycles. The summed E-state index contributed by atoms with van der Waals surface area (Å²) in [6.07, 6.45) is 4.48. The predicted octanol–water partition coefficient (Wildman–Crippen LogP) is 3.34. The van der Waals surface area contributed by atoms with Gasteiger partial charge in [0.05, 0.1) is 10.9 Å². The molecule has 23 heavy (non-hydrogen) atoms. The monoisotopic (exact) mass is 337 g/mol. The Hall–Kier alpha value is -2.14. The minimum Gasteiger partial charge on any atom is -0.481 e. The van der Waals surface area contributed by atoms with Crippen LogP contribution in [-0.2, 0) is 4.79 Å². The highest BCUT2D eigenvalue weighted by Crippen LogP contribution is 2.41. The largest absolute Gasteiger partial charge is 0.481 e. The quantitative estimate of drug-likeness (QED) is 0.828. The van der Waals surface area contributed by atoms with Crippen molar-refractivity contribution in [2.24, 2.45) is 11.3 Å². The number of hydrogen-bond donors (Lipinski definition) is 2. The molecule has 0 fully saturated rings. The second kappa shape index (κ2) is 6.54. The van der Waals surface area contributed by atoms with Gasteiger partial charge in [-0.1, -0.05) is 32.1 Å². The van der Waals surface area contributed by atoms with Crippen molar-refractivity contribution in [1.82, 2.24) is 5.32 Å². The molecule has 1 amide bonds. The van der Waals surface area contributed by atoms with Crippen LogP contribution in [0.2, 0.25) is 0 Å². The smallest absolute Gasteiger partial charge is 0.315 e. The molecule has 0 radical (unpaired) electrons. The normalized spacial score (nSPS) is 23.5. The molecule has 6 heteroatoms. The Morgan fingerprint density at radius 1 is 1.35 bits per heavy atom. The summed E-state index contributed by atoms with van der Waals surface area (Å²) in [5, 5.41) is 11.4. The number of carboxylic acids is 1. The van der Waals surface area contributed by atoms with Crippen molar-refractivity contribution in [1.29, 1.82) is 0 Å². The van der Waals surface area contributed by atoms with Gasteiger partial charge in [-0.3, -0.25) is 9.59 Å². The Balaban J connectivity index is 2.33. The Morgan fingerprint density at radius 3 is 2.57 bits per heavy atom. The molecule has 0 bridgehead atoms. The SMILES string of the molecule is CC(C)C1(C(=O)O)C=C(NC(=O)c2ccccc2F)C=CC1Cl. The van der Waals surface area contributed by atoms with Gasteiger partial charge in [0.25, 0.3) is 5.91 Å². The van der Waals surface area contributed by atoms with Crippen LogP contribution in [-0.4, -0.2) is 22.4 Å². The summed E-state index contributed by atoms with van der Waals surface area (Å²) in [5.41, 5.74) is -1.17. The van der Waals surface area contributed by atoms with Crippen LogP contribution >= 0.6 is 11.6 Å². The number of rotatable bonds is 4. The van der Waals surface area contributed by atoms with Gasteiger partial charge in [0.1, 0.15) is 11.2 Å². The first kappa shape index (κ1) is 17.2. The number of allylic oxidation sites excluding steroid dienone is 2. The molecule has 1 aliphatic carbocycles. The first-order valence-corrected chi connectivity index (χ1v) is 7.57. The van der Waals surface area contributed by atoms with Gasteiger partial charge in [0.15, 0.2) is 0 Å². The van der Waals surface area contributed by atoms with E-state index in [9.17, 15) is 19.1 Å². The first-order chi connectivity index (χ1) is 10.8. The second-order valence-electron chi connectivity index (χ2n) is 5.69. The minimum atomic E-state index is -1.34. The number of amides is 1. The van der Waals surface area contributed by atoms with Crippen molar-refractivity contribution >= 4 is 23.5 Å². The van der Waals surface area contributed by atoms with Crippen molar-refractivity contribution in [3.05, 3.63) is 59.6 Å². The summed E-state index contributed by atoms with van der Waals surface area (Å²) in [5.74, 6) is -2.66. The summed E-state index contributed by atoms with van der Waals surface area (Å²) < 4.78 is 13.7. The molecular formula is C17H17ClFNO3. The third kappa shape index (κ3) is 3.15. The maximum absolute atomic E-state index is 13.7. The third-order valence-corrected chi connectivity index (χ3v) is 4.50. The van der Waals surface area contributed by atoms with Crippen molar-refractivity contribution in [2.75, 3.05) is 0 Å². The van der Waals surface area contributed by atoms with E-state index in [1.165, 1.54) is 36.4 Å². The van der Waals surface area contributed by atoms with Crippen LogP contribution in [0, 0.1) is 17.2 Å². The lowest BCUT2D eigenvalue weighted by Gasteiger charge is -2.36. The molecule has 4 nitrogen and oxygen atoms in total. The van der Waals surface area contributed by atoms with Crippen molar-refractivity contribution in [3.63, 3.8) is 0 Å². The maximum Gasteiger partial charge on any atom is 0.315 e. The van der Waals surface area contributed by atoms with E-state index in [2.05, 4.69) is 5.32 Å². The molecule has 1 aromatic carbocycles. The molecule has 2 atom stereocenters. The molecule has 0 saturated heterocycles. The van der Waals surface area contributed by atoms with E-state index in [1.54, 1.807) is 19.9 Å². The van der Waals surface area contributed by atoms with Crippen LogP contribution in [0.3, 0.4) is 0 Å². The number of halogens is 2. The highest BCUT2D eigenvalue weighted by atomic mass is 35.5. The van der Waals surface area contributed by atoms with Gasteiger partial charge in [0, 0.05) is 5.70 Å². The second-order valence-corrected chi connectivity index (χ2v) is 6.16. The molecule has 1 aromatic rings. The van der Waals surface area contributed by atoms with Crippen LogP contribution < -0.4 is 5.32 Å². The van der Waals surface area contributed by atoms with Crippen molar-refractivity contribution < 1.29 is 19.1 Å². The van der Waals surface area contributed by atoms with E-state index >= 15 is 0 Å². The molecule has 2 N–H and O–H groups in total. The summed E-state index contributed by atoms with van der Waals surface area (Å²) in [6, 6.07) is 5.57. The molecule has 0 spiro atoms. The fourth-order valence-corrected chi connectivity index (χ4v) is 3.05. The van der Waals surface area contributed by atoms with Crippen LogP contribution in [0.5, 0.6) is 0 Å². The van der Waals surface area contributed by atoms with Gasteiger partial charge in [0.2, 0.25) is 0 Å². The molecule has 0 saturated carbocycles. The summed E-state index contributed by atoms with van der Waals surface area (Å²) in [6.45, 7) is 3.49. The number of carbonyl (C=O) groups is 2. The first-order valence-electron chi connectivity index (χ1n) is 7.13. The minimum absolute atomic E-state index is 0.111. The molecular weight excluding hydrogens is 321 g/mol. The summed E-state index contributed by atoms with van der Waals surface area (Å²) in [4.78, 5) is 23.9. The molecule has 1 aliphatic rings. The van der Waals surface area contributed by atoms with E-state index in [0.717, 1.165) is 0 Å². The number of hydrogen-bond acceptors (Lipinski definition) is 2.